The van der Waals surface area contributed by atoms with Gasteiger partial charge in [0.15, 0.2) is 0 Å². The molecule has 1 aliphatic heterocycles. The van der Waals surface area contributed by atoms with Gasteiger partial charge in [-0.05, 0) is 24.1 Å². The van der Waals surface area contributed by atoms with Crippen molar-refractivity contribution in [1.29, 1.82) is 0 Å². The number of ether oxygens (including phenoxy) is 1. The quantitative estimate of drug-likeness (QED) is 0.778. The van der Waals surface area contributed by atoms with Crippen molar-refractivity contribution >= 4 is 11.9 Å². The summed E-state index contributed by atoms with van der Waals surface area (Å²) in [6.45, 7) is 4.28. The molecule has 7 heteroatoms. The minimum Gasteiger partial charge on any atom is -0.380 e. The Hall–Kier alpha value is -2.15. The molecule has 126 valence electrons. The minimum absolute atomic E-state index is 0.264. The molecule has 0 unspecified atom stereocenters. The molecule has 0 aromatic heterocycles. The van der Waals surface area contributed by atoms with Gasteiger partial charge in [0.2, 0.25) is 5.91 Å². The Kier molecular flexibility index (Phi) is 6.34. The van der Waals surface area contributed by atoms with Crippen molar-refractivity contribution in [2.75, 3.05) is 32.8 Å². The van der Waals surface area contributed by atoms with Crippen LogP contribution in [0.5, 0.6) is 0 Å². The maximum absolute atomic E-state index is 13.1. The van der Waals surface area contributed by atoms with Gasteiger partial charge in [-0.1, -0.05) is 19.1 Å². The van der Waals surface area contributed by atoms with Crippen molar-refractivity contribution in [3.8, 4) is 0 Å². The van der Waals surface area contributed by atoms with Gasteiger partial charge in [-0.2, -0.15) is 0 Å². The van der Waals surface area contributed by atoms with E-state index in [0.717, 1.165) is 6.42 Å². The molecule has 23 heavy (non-hydrogen) atoms. The Morgan fingerprint density at radius 1 is 1.39 bits per heavy atom. The first-order valence-electron chi connectivity index (χ1n) is 7.79. The Balaban J connectivity index is 2.00. The van der Waals surface area contributed by atoms with E-state index >= 15 is 0 Å². The lowest BCUT2D eigenvalue weighted by Crippen LogP contribution is -2.55. The highest BCUT2D eigenvalue weighted by Crippen LogP contribution is 2.23. The number of nitrogens with zero attached hydrogens (tertiary/aromatic N) is 1. The first-order chi connectivity index (χ1) is 11.1. The number of halogens is 1. The van der Waals surface area contributed by atoms with Crippen LogP contribution >= 0.6 is 0 Å². The molecule has 0 bridgehead atoms. The van der Waals surface area contributed by atoms with Crippen LogP contribution in [-0.4, -0.2) is 49.7 Å². The molecular formula is C16H22FN3O3. The van der Waals surface area contributed by atoms with Crippen LogP contribution in [0, 0.1) is 5.82 Å². The van der Waals surface area contributed by atoms with E-state index in [0.29, 0.717) is 38.4 Å². The summed E-state index contributed by atoms with van der Waals surface area (Å²) >= 11 is 0. The van der Waals surface area contributed by atoms with Crippen molar-refractivity contribution in [2.45, 2.75) is 19.4 Å². The Bertz CT molecular complexity index is 536. The molecule has 1 aromatic rings. The second kappa shape index (κ2) is 8.47. The number of rotatable bonds is 6. The molecule has 0 radical (unpaired) electrons. The molecule has 3 amide bonds. The minimum atomic E-state index is -0.749. The zero-order valence-corrected chi connectivity index (χ0v) is 13.2. The van der Waals surface area contributed by atoms with Gasteiger partial charge in [0.05, 0.1) is 6.61 Å². The lowest BCUT2D eigenvalue weighted by Gasteiger charge is -2.35. The van der Waals surface area contributed by atoms with Crippen LogP contribution in [0.15, 0.2) is 24.3 Å². The molecule has 1 aliphatic rings. The molecule has 2 N–H and O–H groups in total. The summed E-state index contributed by atoms with van der Waals surface area (Å²) in [5.41, 5.74) is 0.584. The van der Waals surface area contributed by atoms with E-state index in [1.165, 1.54) is 29.2 Å². The van der Waals surface area contributed by atoms with E-state index in [1.54, 1.807) is 0 Å². The molecule has 2 rings (SSSR count). The average molecular weight is 323 g/mol. The SMILES string of the molecule is CCCOCCNC(=O)N1CCNC(=O)[C@H]1c1ccc(F)cc1. The van der Waals surface area contributed by atoms with Crippen molar-refractivity contribution in [1.82, 2.24) is 15.5 Å². The Morgan fingerprint density at radius 2 is 2.13 bits per heavy atom. The van der Waals surface area contributed by atoms with Gasteiger partial charge in [0.25, 0.3) is 0 Å². The van der Waals surface area contributed by atoms with Crippen LogP contribution in [0.4, 0.5) is 9.18 Å². The van der Waals surface area contributed by atoms with Crippen LogP contribution in [0.3, 0.4) is 0 Å². The second-order valence-corrected chi connectivity index (χ2v) is 5.28. The number of benzene rings is 1. The number of carbonyl (C=O) groups is 2. The second-order valence-electron chi connectivity index (χ2n) is 5.28. The molecule has 1 aromatic carbocycles. The fraction of sp³-hybridized carbons (Fsp3) is 0.500. The Labute approximate surface area is 135 Å². The number of hydrogen-bond acceptors (Lipinski definition) is 3. The lowest BCUT2D eigenvalue weighted by molar-refractivity contribution is -0.127. The van der Waals surface area contributed by atoms with Crippen molar-refractivity contribution in [3.05, 3.63) is 35.6 Å². The van der Waals surface area contributed by atoms with Crippen LogP contribution in [-0.2, 0) is 9.53 Å². The van der Waals surface area contributed by atoms with Gasteiger partial charge in [-0.25, -0.2) is 9.18 Å². The van der Waals surface area contributed by atoms with E-state index in [4.69, 9.17) is 4.74 Å². The van der Waals surface area contributed by atoms with Crippen molar-refractivity contribution in [3.63, 3.8) is 0 Å². The highest BCUT2D eigenvalue weighted by Gasteiger charge is 2.34. The summed E-state index contributed by atoms with van der Waals surface area (Å²) in [6, 6.07) is 4.54. The smallest absolute Gasteiger partial charge is 0.318 e. The van der Waals surface area contributed by atoms with Crippen LogP contribution < -0.4 is 10.6 Å². The first kappa shape index (κ1) is 17.2. The van der Waals surface area contributed by atoms with Crippen LogP contribution in [0.25, 0.3) is 0 Å². The predicted molar refractivity (Wildman–Crippen MR) is 83.4 cm³/mol. The summed E-state index contributed by atoms with van der Waals surface area (Å²) in [7, 11) is 0. The number of nitrogens with one attached hydrogen (secondary N) is 2. The molecule has 0 aliphatic carbocycles. The van der Waals surface area contributed by atoms with E-state index in [2.05, 4.69) is 10.6 Å². The average Bonchev–Trinajstić information content (AvgIpc) is 2.55. The van der Waals surface area contributed by atoms with E-state index in [9.17, 15) is 14.0 Å². The highest BCUT2D eigenvalue weighted by molar-refractivity contribution is 5.89. The van der Waals surface area contributed by atoms with Gasteiger partial charge >= 0.3 is 6.03 Å². The van der Waals surface area contributed by atoms with E-state index in [-0.39, 0.29) is 17.8 Å². The van der Waals surface area contributed by atoms with Crippen LogP contribution in [0.2, 0.25) is 0 Å². The maximum Gasteiger partial charge on any atom is 0.318 e. The lowest BCUT2D eigenvalue weighted by atomic mass is 10.0. The van der Waals surface area contributed by atoms with Gasteiger partial charge in [0.1, 0.15) is 11.9 Å². The number of amides is 3. The number of piperazine rings is 1. The fourth-order valence-electron chi connectivity index (χ4n) is 2.44. The molecule has 6 nitrogen and oxygen atoms in total. The summed E-state index contributed by atoms with van der Waals surface area (Å²) in [6.07, 6.45) is 0.923. The predicted octanol–water partition coefficient (Wildman–Crippen LogP) is 1.43. The highest BCUT2D eigenvalue weighted by atomic mass is 19.1. The number of hydrogen-bond donors (Lipinski definition) is 2. The zero-order chi connectivity index (χ0) is 16.7. The van der Waals surface area contributed by atoms with E-state index < -0.39 is 6.04 Å². The topological polar surface area (TPSA) is 70.7 Å². The molecule has 1 heterocycles. The zero-order valence-electron chi connectivity index (χ0n) is 13.2. The molecule has 1 fully saturated rings. The summed E-state index contributed by atoms with van der Waals surface area (Å²) in [5, 5.41) is 5.49. The van der Waals surface area contributed by atoms with E-state index in [1.807, 2.05) is 6.92 Å². The van der Waals surface area contributed by atoms with Gasteiger partial charge in [-0.3, -0.25) is 4.79 Å². The van der Waals surface area contributed by atoms with Gasteiger partial charge in [-0.15, -0.1) is 0 Å². The fourth-order valence-corrected chi connectivity index (χ4v) is 2.44. The normalized spacial score (nSPS) is 17.7. The first-order valence-corrected chi connectivity index (χ1v) is 7.79. The molecule has 0 saturated carbocycles. The Morgan fingerprint density at radius 3 is 2.83 bits per heavy atom. The molecule has 1 saturated heterocycles. The number of urea groups is 1. The maximum atomic E-state index is 13.1. The summed E-state index contributed by atoms with van der Waals surface area (Å²) in [5.74, 6) is -0.644. The molecule has 1 atom stereocenters. The van der Waals surface area contributed by atoms with Crippen molar-refractivity contribution < 1.29 is 18.7 Å². The third kappa shape index (κ3) is 4.66. The number of carbonyl (C=O) groups excluding carboxylic acids is 2. The van der Waals surface area contributed by atoms with Crippen LogP contribution in [0.1, 0.15) is 24.9 Å². The van der Waals surface area contributed by atoms with Gasteiger partial charge in [0, 0.05) is 26.2 Å². The summed E-state index contributed by atoms with van der Waals surface area (Å²) < 4.78 is 18.4. The monoisotopic (exact) mass is 323 g/mol. The van der Waals surface area contributed by atoms with Gasteiger partial charge < -0.3 is 20.3 Å². The third-order valence-corrected chi connectivity index (χ3v) is 3.53. The standard InChI is InChI=1S/C16H22FN3O3/c1-2-10-23-11-8-19-16(22)20-9-7-18-15(21)14(20)12-3-5-13(17)6-4-12/h3-6,14H,2,7-11H2,1H3,(H,18,21)(H,19,22)/t14-/m1/s1. The molecular weight excluding hydrogens is 301 g/mol. The van der Waals surface area contributed by atoms with Crippen molar-refractivity contribution in [2.24, 2.45) is 0 Å². The molecule has 0 spiro atoms. The third-order valence-electron chi connectivity index (χ3n) is 3.53. The largest absolute Gasteiger partial charge is 0.380 e. The summed E-state index contributed by atoms with van der Waals surface area (Å²) in [4.78, 5) is 26.0.